The third-order valence-electron chi connectivity index (χ3n) is 6.89. The lowest BCUT2D eigenvalue weighted by molar-refractivity contribution is -0.120. The van der Waals surface area contributed by atoms with Crippen LogP contribution in [0.15, 0.2) is 84.0 Å². The van der Waals surface area contributed by atoms with Crippen molar-refractivity contribution in [2.75, 3.05) is 12.1 Å². The number of hydrazone groups is 1. The molecule has 6 nitrogen and oxygen atoms in total. The van der Waals surface area contributed by atoms with E-state index in [1.54, 1.807) is 19.2 Å². The van der Waals surface area contributed by atoms with Gasteiger partial charge in [-0.15, -0.1) is 0 Å². The number of amides is 1. The average Bonchev–Trinajstić information content (AvgIpc) is 3.34. The molecule has 2 aliphatic rings. The topological polar surface area (TPSA) is 57.2 Å². The summed E-state index contributed by atoms with van der Waals surface area (Å²) in [5.74, 6) is 0.537. The quantitative estimate of drug-likeness (QED) is 0.319. The SMILES string of the molecule is COc1ccc(C2CC(C(=O)NN3Cc4cccc5cccc(c45)C3)=NN2c2ccc(Cl)cc2Cl)cc1. The van der Waals surface area contributed by atoms with Gasteiger partial charge < -0.3 is 4.74 Å². The number of methoxy groups -OCH3 is 1. The zero-order valence-corrected chi connectivity index (χ0v) is 21.6. The fourth-order valence-corrected chi connectivity index (χ4v) is 5.64. The Morgan fingerprint density at radius 2 is 1.68 bits per heavy atom. The van der Waals surface area contributed by atoms with Crippen LogP contribution in [0.25, 0.3) is 10.8 Å². The predicted octanol–water partition coefficient (Wildman–Crippen LogP) is 6.51. The fourth-order valence-electron chi connectivity index (χ4n) is 5.14. The molecular formula is C29H24Cl2N4O2. The smallest absolute Gasteiger partial charge is 0.281 e. The first-order valence-corrected chi connectivity index (χ1v) is 12.8. The number of carbonyl (C=O) groups excluding carboxylic acids is 1. The molecule has 1 N–H and O–H groups in total. The summed E-state index contributed by atoms with van der Waals surface area (Å²) in [6.45, 7) is 1.25. The van der Waals surface area contributed by atoms with Crippen molar-refractivity contribution in [2.24, 2.45) is 5.10 Å². The van der Waals surface area contributed by atoms with Crippen molar-refractivity contribution in [1.29, 1.82) is 0 Å². The Kier molecular flexibility index (Phi) is 6.24. The summed E-state index contributed by atoms with van der Waals surface area (Å²) in [5, 5.41) is 12.0. The standard InChI is InChI=1S/C29H24Cl2N4O2/c1-37-23-11-8-18(9-12-23)27-15-25(32-35(27)26-13-10-22(30)14-24(26)31)29(36)33-34-16-20-6-2-4-19-5-3-7-21(17-34)28(19)20/h2-14,27H,15-17H2,1H3,(H,33,36). The van der Waals surface area contributed by atoms with E-state index in [4.69, 9.17) is 33.0 Å². The Hall–Kier alpha value is -3.58. The largest absolute Gasteiger partial charge is 0.497 e. The second kappa shape index (κ2) is 9.71. The number of halogens is 2. The highest BCUT2D eigenvalue weighted by atomic mass is 35.5. The second-order valence-corrected chi connectivity index (χ2v) is 10.1. The molecule has 0 saturated heterocycles. The molecule has 0 fully saturated rings. The summed E-state index contributed by atoms with van der Waals surface area (Å²) >= 11 is 12.7. The highest BCUT2D eigenvalue weighted by Crippen LogP contribution is 2.40. The van der Waals surface area contributed by atoms with E-state index in [2.05, 4.69) is 41.8 Å². The lowest BCUT2D eigenvalue weighted by Crippen LogP contribution is -2.45. The molecule has 1 atom stereocenters. The van der Waals surface area contributed by atoms with Gasteiger partial charge in [0.2, 0.25) is 0 Å². The van der Waals surface area contributed by atoms with E-state index >= 15 is 0 Å². The molecule has 37 heavy (non-hydrogen) atoms. The molecule has 186 valence electrons. The third-order valence-corrected chi connectivity index (χ3v) is 7.43. The van der Waals surface area contributed by atoms with Gasteiger partial charge in [-0.2, -0.15) is 5.10 Å². The molecule has 2 heterocycles. The molecule has 0 bridgehead atoms. The number of nitrogens with one attached hydrogen (secondary N) is 1. The van der Waals surface area contributed by atoms with Gasteiger partial charge in [0, 0.05) is 24.5 Å². The highest BCUT2D eigenvalue weighted by molar-refractivity contribution is 6.40. The minimum absolute atomic E-state index is 0.207. The first-order chi connectivity index (χ1) is 18.0. The number of nitrogens with zero attached hydrogens (tertiary/aromatic N) is 3. The summed E-state index contributed by atoms with van der Waals surface area (Å²) in [4.78, 5) is 13.5. The van der Waals surface area contributed by atoms with Crippen molar-refractivity contribution < 1.29 is 9.53 Å². The van der Waals surface area contributed by atoms with E-state index in [9.17, 15) is 4.79 Å². The van der Waals surface area contributed by atoms with E-state index in [0.29, 0.717) is 41.0 Å². The van der Waals surface area contributed by atoms with Crippen molar-refractivity contribution in [2.45, 2.75) is 25.6 Å². The summed E-state index contributed by atoms with van der Waals surface area (Å²) in [6.07, 6.45) is 0.428. The number of hydrazine groups is 1. The van der Waals surface area contributed by atoms with Gasteiger partial charge in [-0.25, -0.2) is 5.01 Å². The number of ether oxygens (including phenoxy) is 1. The van der Waals surface area contributed by atoms with E-state index in [-0.39, 0.29) is 11.9 Å². The molecule has 1 unspecified atom stereocenters. The van der Waals surface area contributed by atoms with Crippen LogP contribution in [0.5, 0.6) is 5.75 Å². The number of anilines is 1. The van der Waals surface area contributed by atoms with Crippen LogP contribution in [-0.2, 0) is 17.9 Å². The average molecular weight is 531 g/mol. The fraction of sp³-hybridized carbons (Fsp3) is 0.172. The molecule has 0 spiro atoms. The van der Waals surface area contributed by atoms with Crippen molar-refractivity contribution in [3.8, 4) is 5.75 Å². The number of benzene rings is 4. The number of hydrogen-bond acceptors (Lipinski definition) is 5. The monoisotopic (exact) mass is 530 g/mol. The van der Waals surface area contributed by atoms with Crippen LogP contribution in [0.3, 0.4) is 0 Å². The molecule has 4 aromatic carbocycles. The Labute approximate surface area is 225 Å². The summed E-state index contributed by atoms with van der Waals surface area (Å²) < 4.78 is 5.32. The van der Waals surface area contributed by atoms with Gasteiger partial charge in [0.15, 0.2) is 0 Å². The van der Waals surface area contributed by atoms with Gasteiger partial charge in [0.25, 0.3) is 5.91 Å². The molecule has 6 rings (SSSR count). The first kappa shape index (κ1) is 23.8. The summed E-state index contributed by atoms with van der Waals surface area (Å²) in [7, 11) is 1.63. The zero-order valence-electron chi connectivity index (χ0n) is 20.1. The van der Waals surface area contributed by atoms with Crippen LogP contribution in [0.4, 0.5) is 5.69 Å². The molecule has 8 heteroatoms. The van der Waals surface area contributed by atoms with Gasteiger partial charge in [0.05, 0.1) is 23.9 Å². The maximum absolute atomic E-state index is 13.5. The summed E-state index contributed by atoms with van der Waals surface area (Å²) in [6, 6.07) is 25.4. The van der Waals surface area contributed by atoms with Crippen LogP contribution >= 0.6 is 23.2 Å². The zero-order chi connectivity index (χ0) is 25.5. The van der Waals surface area contributed by atoms with Gasteiger partial charge in [-0.1, -0.05) is 71.7 Å². The van der Waals surface area contributed by atoms with E-state index in [1.807, 2.05) is 40.3 Å². The molecule has 1 amide bonds. The number of rotatable bonds is 5. The molecule has 2 aliphatic heterocycles. The van der Waals surface area contributed by atoms with Gasteiger partial charge in [-0.3, -0.25) is 15.2 Å². The Morgan fingerprint density at radius 1 is 0.973 bits per heavy atom. The maximum Gasteiger partial charge on any atom is 0.281 e. The number of carbonyl (C=O) groups is 1. The predicted molar refractivity (Wildman–Crippen MR) is 148 cm³/mol. The second-order valence-electron chi connectivity index (χ2n) is 9.21. The maximum atomic E-state index is 13.5. The van der Waals surface area contributed by atoms with Crippen LogP contribution in [0, 0.1) is 0 Å². The van der Waals surface area contributed by atoms with Gasteiger partial charge in [0.1, 0.15) is 11.5 Å². The molecular weight excluding hydrogens is 507 g/mol. The van der Waals surface area contributed by atoms with Crippen LogP contribution in [-0.4, -0.2) is 23.7 Å². The molecule has 0 radical (unpaired) electrons. The van der Waals surface area contributed by atoms with Crippen molar-refractivity contribution >= 4 is 51.3 Å². The first-order valence-electron chi connectivity index (χ1n) is 12.0. The lowest BCUT2D eigenvalue weighted by Gasteiger charge is -2.29. The summed E-state index contributed by atoms with van der Waals surface area (Å²) in [5.41, 5.74) is 7.60. The van der Waals surface area contributed by atoms with Crippen molar-refractivity contribution in [3.63, 3.8) is 0 Å². The number of hydrogen-bond donors (Lipinski definition) is 1. The van der Waals surface area contributed by atoms with Gasteiger partial charge in [-0.05, 0) is 57.8 Å². The third kappa shape index (κ3) is 4.53. The van der Waals surface area contributed by atoms with E-state index < -0.39 is 0 Å². The molecule has 4 aromatic rings. The molecule has 0 aliphatic carbocycles. The Balaban J connectivity index is 1.27. The highest BCUT2D eigenvalue weighted by Gasteiger charge is 2.34. The van der Waals surface area contributed by atoms with Crippen molar-refractivity contribution in [1.82, 2.24) is 10.4 Å². The normalized spacial score (nSPS) is 17.1. The lowest BCUT2D eigenvalue weighted by atomic mass is 9.96. The minimum atomic E-state index is -0.224. The van der Waals surface area contributed by atoms with Gasteiger partial charge >= 0.3 is 0 Å². The molecule has 0 aromatic heterocycles. The van der Waals surface area contributed by atoms with Crippen LogP contribution < -0.4 is 15.2 Å². The Morgan fingerprint density at radius 3 is 2.32 bits per heavy atom. The van der Waals surface area contributed by atoms with E-state index in [0.717, 1.165) is 11.3 Å². The minimum Gasteiger partial charge on any atom is -0.497 e. The van der Waals surface area contributed by atoms with Crippen LogP contribution in [0.1, 0.15) is 29.2 Å². The van der Waals surface area contributed by atoms with Crippen molar-refractivity contribution in [3.05, 3.63) is 106 Å². The van der Waals surface area contributed by atoms with E-state index in [1.165, 1.54) is 21.9 Å². The molecule has 0 saturated carbocycles. The Bertz CT molecular complexity index is 1500. The van der Waals surface area contributed by atoms with Crippen LogP contribution in [0.2, 0.25) is 10.0 Å².